The number of nitrogens with one attached hydrogen (secondary N) is 1. The maximum atomic E-state index is 15.1. The topological polar surface area (TPSA) is 131 Å². The monoisotopic (exact) mass is 582 g/mol. The molecule has 4 rings (SSSR count). The van der Waals surface area contributed by atoms with E-state index in [0.29, 0.717) is 19.6 Å². The lowest BCUT2D eigenvalue weighted by atomic mass is 9.99. The highest BCUT2D eigenvalue weighted by atomic mass is 32.2. The molecule has 1 amide bonds. The van der Waals surface area contributed by atoms with Gasteiger partial charge in [-0.15, -0.1) is 0 Å². The van der Waals surface area contributed by atoms with Crippen LogP contribution in [-0.2, 0) is 32.3 Å². The van der Waals surface area contributed by atoms with Gasteiger partial charge in [-0.3, -0.25) is 24.3 Å². The molecule has 1 fully saturated rings. The van der Waals surface area contributed by atoms with Crippen LogP contribution in [0.4, 0.5) is 13.2 Å². The Labute approximate surface area is 228 Å². The van der Waals surface area contributed by atoms with E-state index in [0.717, 1.165) is 36.2 Å². The molecule has 0 radical (unpaired) electrons. The van der Waals surface area contributed by atoms with E-state index in [1.165, 1.54) is 17.6 Å². The SMILES string of the molecule is COC1CN(CCc2ccc(-c3cc4ncn(CC[C@@](C)(C(=O)NO)S(C)(=O)=O)c(=O)c4cc3F)c(F)c2F)C1. The van der Waals surface area contributed by atoms with Gasteiger partial charge in [0, 0.05) is 50.7 Å². The van der Waals surface area contributed by atoms with Gasteiger partial charge in [0.05, 0.1) is 23.3 Å². The predicted molar refractivity (Wildman–Crippen MR) is 140 cm³/mol. The van der Waals surface area contributed by atoms with Crippen LogP contribution in [0, 0.1) is 17.5 Å². The minimum atomic E-state index is -4.01. The van der Waals surface area contributed by atoms with E-state index >= 15 is 8.78 Å². The zero-order chi connectivity index (χ0) is 29.4. The molecule has 40 heavy (non-hydrogen) atoms. The molecule has 2 N–H and O–H groups in total. The van der Waals surface area contributed by atoms with Crippen molar-refractivity contribution in [3.63, 3.8) is 0 Å². The zero-order valence-electron chi connectivity index (χ0n) is 22.1. The van der Waals surface area contributed by atoms with Crippen molar-refractivity contribution in [2.45, 2.75) is 37.2 Å². The Morgan fingerprint density at radius 3 is 2.50 bits per heavy atom. The molecule has 1 saturated heterocycles. The fraction of sp³-hybridized carbons (Fsp3) is 0.423. The molecule has 0 aliphatic carbocycles. The number of nitrogens with zero attached hydrogens (tertiary/aromatic N) is 3. The average Bonchev–Trinajstić information content (AvgIpc) is 2.88. The van der Waals surface area contributed by atoms with E-state index in [2.05, 4.69) is 4.98 Å². The largest absolute Gasteiger partial charge is 0.379 e. The molecule has 1 aromatic heterocycles. The van der Waals surface area contributed by atoms with Crippen LogP contribution in [0.15, 0.2) is 35.4 Å². The number of hydroxylamine groups is 1. The summed E-state index contributed by atoms with van der Waals surface area (Å²) in [4.78, 5) is 31.2. The number of methoxy groups -OCH3 is 1. The maximum Gasteiger partial charge on any atom is 0.264 e. The van der Waals surface area contributed by atoms with Crippen LogP contribution in [0.2, 0.25) is 0 Å². The standard InChI is InChI=1S/C26H29F3N4O6S/c1-26(25(35)31-36,40(3,37)38)7-9-33-14-30-21-11-18(20(27)10-19(21)24(33)34)17-5-4-15(22(28)23(17)29)6-8-32-12-16(13-32)39-2/h4-5,10-11,14,16,36H,6-9,12-13H2,1-3H3,(H,31,35)/t26-/m0/s1. The van der Waals surface area contributed by atoms with Crippen LogP contribution in [0.3, 0.4) is 0 Å². The van der Waals surface area contributed by atoms with Crippen molar-refractivity contribution in [3.05, 3.63) is 64.0 Å². The van der Waals surface area contributed by atoms with Gasteiger partial charge >= 0.3 is 0 Å². The first kappa shape index (κ1) is 29.6. The van der Waals surface area contributed by atoms with Crippen molar-refractivity contribution in [3.8, 4) is 11.1 Å². The number of fused-ring (bicyclic) bond motifs is 1. The zero-order valence-corrected chi connectivity index (χ0v) is 22.9. The Bertz CT molecular complexity index is 1620. The van der Waals surface area contributed by atoms with Gasteiger partial charge in [-0.25, -0.2) is 32.1 Å². The molecule has 1 aliphatic heterocycles. The fourth-order valence-corrected chi connectivity index (χ4v) is 5.43. The second kappa shape index (κ2) is 11.3. The van der Waals surface area contributed by atoms with E-state index in [1.54, 1.807) is 7.11 Å². The van der Waals surface area contributed by atoms with E-state index in [-0.39, 0.29) is 46.7 Å². The van der Waals surface area contributed by atoms with Gasteiger partial charge in [0.25, 0.3) is 11.5 Å². The van der Waals surface area contributed by atoms with E-state index < -0.39 is 49.9 Å². The minimum absolute atomic E-state index is 0.00555. The molecular weight excluding hydrogens is 553 g/mol. The number of rotatable bonds is 10. The van der Waals surface area contributed by atoms with Gasteiger partial charge in [0.1, 0.15) is 5.82 Å². The lowest BCUT2D eigenvalue weighted by Crippen LogP contribution is -2.52. The fourth-order valence-electron chi connectivity index (χ4n) is 4.59. The molecule has 0 saturated carbocycles. The van der Waals surface area contributed by atoms with Crippen LogP contribution in [0.1, 0.15) is 18.9 Å². The number of aryl methyl sites for hydroxylation is 1. The number of amides is 1. The molecule has 3 aromatic rings. The minimum Gasteiger partial charge on any atom is -0.379 e. The predicted octanol–water partition coefficient (Wildman–Crippen LogP) is 2.05. The van der Waals surface area contributed by atoms with Crippen LogP contribution >= 0.6 is 0 Å². The highest BCUT2D eigenvalue weighted by molar-refractivity contribution is 7.92. The van der Waals surface area contributed by atoms with E-state index in [9.17, 15) is 22.4 Å². The highest BCUT2D eigenvalue weighted by Crippen LogP contribution is 2.31. The van der Waals surface area contributed by atoms with Gasteiger partial charge in [-0.2, -0.15) is 0 Å². The summed E-state index contributed by atoms with van der Waals surface area (Å²) < 4.78 is 73.6. The van der Waals surface area contributed by atoms with E-state index in [4.69, 9.17) is 9.94 Å². The van der Waals surface area contributed by atoms with Crippen molar-refractivity contribution in [1.29, 1.82) is 0 Å². The third-order valence-corrected chi connectivity index (χ3v) is 9.58. The average molecular weight is 583 g/mol. The summed E-state index contributed by atoms with van der Waals surface area (Å²) in [5, 5.41) is 8.78. The maximum absolute atomic E-state index is 15.1. The number of benzene rings is 2. The van der Waals surface area contributed by atoms with Gasteiger partial charge in [0.15, 0.2) is 26.2 Å². The van der Waals surface area contributed by atoms with Crippen LogP contribution in [0.5, 0.6) is 0 Å². The Kier molecular flexibility index (Phi) is 8.36. The van der Waals surface area contributed by atoms with Gasteiger partial charge in [-0.1, -0.05) is 12.1 Å². The first-order valence-electron chi connectivity index (χ1n) is 12.4. The van der Waals surface area contributed by atoms with Crippen LogP contribution in [0.25, 0.3) is 22.0 Å². The summed E-state index contributed by atoms with van der Waals surface area (Å²) in [6.07, 6.45) is 1.90. The molecule has 2 aromatic carbocycles. The molecule has 0 unspecified atom stereocenters. The number of carbonyl (C=O) groups excluding carboxylic acids is 1. The highest BCUT2D eigenvalue weighted by Gasteiger charge is 2.43. The first-order valence-corrected chi connectivity index (χ1v) is 14.2. The van der Waals surface area contributed by atoms with Gasteiger partial charge in [-0.05, 0) is 37.5 Å². The van der Waals surface area contributed by atoms with Crippen molar-refractivity contribution in [2.75, 3.05) is 33.0 Å². The number of carbonyl (C=O) groups is 1. The van der Waals surface area contributed by atoms with E-state index in [1.807, 2.05) is 4.90 Å². The van der Waals surface area contributed by atoms with Gasteiger partial charge in [0.2, 0.25) is 0 Å². The second-order valence-electron chi connectivity index (χ2n) is 10.1. The summed E-state index contributed by atoms with van der Waals surface area (Å²) in [5.41, 5.74) is 0.135. The number of hydrogen-bond acceptors (Lipinski definition) is 8. The Morgan fingerprint density at radius 1 is 1.18 bits per heavy atom. The molecule has 10 nitrogen and oxygen atoms in total. The molecule has 1 aliphatic rings. The molecule has 0 spiro atoms. The molecule has 14 heteroatoms. The lowest BCUT2D eigenvalue weighted by molar-refractivity contribution is -0.131. The van der Waals surface area contributed by atoms with Crippen molar-refractivity contribution in [2.24, 2.45) is 0 Å². The number of hydrogen-bond donors (Lipinski definition) is 2. The van der Waals surface area contributed by atoms with Crippen LogP contribution in [-0.4, -0.2) is 77.8 Å². The van der Waals surface area contributed by atoms with Crippen molar-refractivity contribution < 1.29 is 36.3 Å². The van der Waals surface area contributed by atoms with Gasteiger partial charge < -0.3 is 4.74 Å². The Hall–Kier alpha value is -3.33. The number of sulfone groups is 1. The Balaban J connectivity index is 1.60. The summed E-state index contributed by atoms with van der Waals surface area (Å²) in [6.45, 7) is 2.74. The summed E-state index contributed by atoms with van der Waals surface area (Å²) in [5.74, 6) is -4.45. The number of likely N-dealkylation sites (tertiary alicyclic amines) is 1. The lowest BCUT2D eigenvalue weighted by Gasteiger charge is -2.38. The normalized spacial score (nSPS) is 16.1. The third kappa shape index (κ3) is 5.48. The molecule has 216 valence electrons. The smallest absolute Gasteiger partial charge is 0.264 e. The Morgan fingerprint density at radius 2 is 1.88 bits per heavy atom. The molecule has 2 heterocycles. The number of aromatic nitrogens is 2. The summed E-state index contributed by atoms with van der Waals surface area (Å²) in [6, 6.07) is 4.68. The molecule has 0 bridgehead atoms. The van der Waals surface area contributed by atoms with Crippen molar-refractivity contribution in [1.82, 2.24) is 19.9 Å². The number of halogens is 3. The third-order valence-electron chi connectivity index (χ3n) is 7.55. The first-order chi connectivity index (χ1) is 18.8. The second-order valence-corrected chi connectivity index (χ2v) is 12.5. The summed E-state index contributed by atoms with van der Waals surface area (Å²) in [7, 11) is -2.39. The quantitative estimate of drug-likeness (QED) is 0.275. The number of ether oxygens (including phenoxy) is 1. The summed E-state index contributed by atoms with van der Waals surface area (Å²) >= 11 is 0. The van der Waals surface area contributed by atoms with Crippen molar-refractivity contribution >= 4 is 26.6 Å². The van der Waals surface area contributed by atoms with Crippen LogP contribution < -0.4 is 11.0 Å². The molecular formula is C26H29F3N4O6S. The molecule has 1 atom stereocenters.